The molecule has 0 spiro atoms. The van der Waals surface area contributed by atoms with Gasteiger partial charge in [0.15, 0.2) is 0 Å². The number of nitrogens with zero attached hydrogens (tertiary/aromatic N) is 4. The Hall–Kier alpha value is -8.60. The van der Waals surface area contributed by atoms with Gasteiger partial charge in [0.2, 0.25) is 0 Å². The van der Waals surface area contributed by atoms with E-state index >= 15 is 0 Å². The maximum absolute atomic E-state index is 13.2. The summed E-state index contributed by atoms with van der Waals surface area (Å²) in [5.74, 6) is -4.92. The topological polar surface area (TPSA) is 200 Å². The zero-order valence-electron chi connectivity index (χ0n) is 34.9. The van der Waals surface area contributed by atoms with Crippen LogP contribution in [0.2, 0.25) is 0 Å². The number of esters is 4. The number of nitriles is 4. The smallest absolute Gasteiger partial charge is 0.348 e. The first kappa shape index (κ1) is 53.4. The quantitative estimate of drug-likeness (QED) is 0.0430. The third-order valence-electron chi connectivity index (χ3n) is 7.28. The molecule has 0 amide bonds. The predicted molar refractivity (Wildman–Crippen MR) is 226 cm³/mol. The summed E-state index contributed by atoms with van der Waals surface area (Å²) < 4.78 is 71.5. The SMILES string of the molecule is CCOC(=O)/C(C#N)=C/c1ccccc1F.CCOC(=O)/C(C#N)=C/c1ccccc1F.CCOC(=O)/C(C#N)=C/c1ccccc1F.CCOC(=O)/C(C#N)=C/c1ccccc1F. The van der Waals surface area contributed by atoms with Crippen LogP contribution < -0.4 is 0 Å². The molecule has 12 nitrogen and oxygen atoms in total. The molecule has 0 aliphatic carbocycles. The fourth-order valence-corrected chi connectivity index (χ4v) is 4.37. The van der Waals surface area contributed by atoms with Crippen LogP contribution >= 0.6 is 0 Å². The Morgan fingerprint density at radius 3 is 0.703 bits per heavy atom. The Bertz CT molecular complexity index is 2190. The fraction of sp³-hybridized carbons (Fsp3) is 0.167. The molecule has 0 heterocycles. The molecule has 0 unspecified atom stereocenters. The number of carbonyl (C=O) groups excluding carboxylic acids is 4. The minimum absolute atomic E-state index is 0.176. The highest BCUT2D eigenvalue weighted by Crippen LogP contribution is 2.15. The number of halogens is 4. The van der Waals surface area contributed by atoms with Gasteiger partial charge in [-0.1, -0.05) is 72.8 Å². The Balaban J connectivity index is 0.000000427. The van der Waals surface area contributed by atoms with Crippen LogP contribution in [-0.4, -0.2) is 50.3 Å². The molecule has 0 aromatic heterocycles. The third-order valence-corrected chi connectivity index (χ3v) is 7.28. The Kier molecular flexibility index (Phi) is 25.4. The van der Waals surface area contributed by atoms with Gasteiger partial charge in [-0.2, -0.15) is 21.0 Å². The maximum Gasteiger partial charge on any atom is 0.348 e. The van der Waals surface area contributed by atoms with Crippen LogP contribution in [0.1, 0.15) is 49.9 Å². The van der Waals surface area contributed by atoms with Crippen LogP contribution in [0, 0.1) is 68.6 Å². The molecule has 0 atom stereocenters. The van der Waals surface area contributed by atoms with E-state index < -0.39 is 47.1 Å². The van der Waals surface area contributed by atoms with E-state index in [4.69, 9.17) is 21.0 Å². The molecular weight excluding hydrogens is 837 g/mol. The number of rotatable bonds is 12. The summed E-state index contributed by atoms with van der Waals surface area (Å²) in [6.07, 6.45) is 4.70. The number of hydrogen-bond acceptors (Lipinski definition) is 12. The van der Waals surface area contributed by atoms with Crippen molar-refractivity contribution in [2.75, 3.05) is 26.4 Å². The molecule has 16 heteroatoms. The Morgan fingerprint density at radius 2 is 0.562 bits per heavy atom. The van der Waals surface area contributed by atoms with Crippen LogP contribution in [0.5, 0.6) is 0 Å². The van der Waals surface area contributed by atoms with Gasteiger partial charge in [0, 0.05) is 22.3 Å². The standard InChI is InChI=1S/4C12H10FNO2/c4*1-2-16-12(15)10(8-14)7-9-5-3-4-6-11(9)13/h4*3-7H,2H2,1H3/b4*10-7+. The second-order valence-corrected chi connectivity index (χ2v) is 11.6. The predicted octanol–water partition coefficient (Wildman–Crippen LogP) is 9.18. The zero-order chi connectivity index (χ0) is 47.9. The number of hydrogen-bond donors (Lipinski definition) is 0. The third kappa shape index (κ3) is 19.2. The second kappa shape index (κ2) is 30.4. The van der Waals surface area contributed by atoms with E-state index in [0.717, 1.165) is 0 Å². The Morgan fingerprint density at radius 1 is 0.391 bits per heavy atom. The molecule has 4 aromatic carbocycles. The van der Waals surface area contributed by atoms with Gasteiger partial charge >= 0.3 is 23.9 Å². The highest BCUT2D eigenvalue weighted by atomic mass is 19.1. The molecule has 0 radical (unpaired) electrons. The molecule has 0 aliphatic heterocycles. The van der Waals surface area contributed by atoms with Crippen molar-refractivity contribution >= 4 is 48.2 Å². The summed E-state index contributed by atoms with van der Waals surface area (Å²) >= 11 is 0. The van der Waals surface area contributed by atoms with Crippen molar-refractivity contribution in [1.29, 1.82) is 21.0 Å². The van der Waals surface area contributed by atoms with Gasteiger partial charge in [-0.25, -0.2) is 36.7 Å². The molecule has 0 saturated heterocycles. The highest BCUT2D eigenvalue weighted by Gasteiger charge is 2.14. The van der Waals surface area contributed by atoms with E-state index in [-0.39, 0.29) is 71.0 Å². The lowest BCUT2D eigenvalue weighted by atomic mass is 10.1. The summed E-state index contributed by atoms with van der Waals surface area (Å²) in [4.78, 5) is 45.0. The van der Waals surface area contributed by atoms with Crippen molar-refractivity contribution in [1.82, 2.24) is 0 Å². The van der Waals surface area contributed by atoms with Crippen LogP contribution in [0.25, 0.3) is 24.3 Å². The first-order chi connectivity index (χ1) is 30.7. The Labute approximate surface area is 367 Å². The molecule has 0 N–H and O–H groups in total. The van der Waals surface area contributed by atoms with Gasteiger partial charge in [-0.05, 0) is 76.3 Å². The number of carbonyl (C=O) groups is 4. The summed E-state index contributed by atoms with van der Waals surface area (Å²) in [7, 11) is 0. The molecule has 4 rings (SSSR count). The van der Waals surface area contributed by atoms with E-state index in [2.05, 4.69) is 18.9 Å². The van der Waals surface area contributed by atoms with Crippen molar-refractivity contribution in [3.8, 4) is 24.3 Å². The van der Waals surface area contributed by atoms with Crippen molar-refractivity contribution in [3.63, 3.8) is 0 Å². The molecule has 0 fully saturated rings. The van der Waals surface area contributed by atoms with Gasteiger partial charge < -0.3 is 18.9 Å². The average Bonchev–Trinajstić information content (AvgIpc) is 3.29. The average molecular weight is 877 g/mol. The van der Waals surface area contributed by atoms with Gasteiger partial charge in [0.1, 0.15) is 69.8 Å². The fourth-order valence-electron chi connectivity index (χ4n) is 4.37. The lowest BCUT2D eigenvalue weighted by Crippen LogP contribution is -2.06. The lowest BCUT2D eigenvalue weighted by Gasteiger charge is -2.00. The van der Waals surface area contributed by atoms with Crippen molar-refractivity contribution in [2.24, 2.45) is 0 Å². The van der Waals surface area contributed by atoms with Crippen LogP contribution in [0.15, 0.2) is 119 Å². The van der Waals surface area contributed by atoms with E-state index in [1.165, 1.54) is 97.1 Å². The van der Waals surface area contributed by atoms with Crippen molar-refractivity contribution in [2.45, 2.75) is 27.7 Å². The van der Waals surface area contributed by atoms with E-state index in [1.54, 1.807) is 76.2 Å². The molecule has 0 aliphatic rings. The van der Waals surface area contributed by atoms with E-state index in [9.17, 15) is 36.7 Å². The van der Waals surface area contributed by atoms with Gasteiger partial charge in [-0.15, -0.1) is 0 Å². The first-order valence-electron chi connectivity index (χ1n) is 18.9. The molecule has 64 heavy (non-hydrogen) atoms. The summed E-state index contributed by atoms with van der Waals surface area (Å²) in [5.41, 5.74) is -0.115. The molecule has 4 aromatic rings. The van der Waals surface area contributed by atoms with Crippen molar-refractivity contribution < 1.29 is 55.7 Å². The van der Waals surface area contributed by atoms with E-state index in [0.29, 0.717) is 0 Å². The van der Waals surface area contributed by atoms with Gasteiger partial charge in [-0.3, -0.25) is 0 Å². The summed E-state index contributed by atoms with van der Waals surface area (Å²) in [5, 5.41) is 34.9. The maximum atomic E-state index is 13.2. The van der Waals surface area contributed by atoms with Crippen molar-refractivity contribution in [3.05, 3.63) is 165 Å². The number of benzene rings is 4. The zero-order valence-corrected chi connectivity index (χ0v) is 34.9. The summed E-state index contributed by atoms with van der Waals surface area (Å²) in [6.45, 7) is 7.24. The first-order valence-corrected chi connectivity index (χ1v) is 18.9. The minimum Gasteiger partial charge on any atom is -0.462 e. The van der Waals surface area contributed by atoms with E-state index in [1.807, 2.05) is 0 Å². The van der Waals surface area contributed by atoms with Gasteiger partial charge in [0.05, 0.1) is 26.4 Å². The van der Waals surface area contributed by atoms with Crippen LogP contribution in [0.3, 0.4) is 0 Å². The normalized spacial score (nSPS) is 10.7. The highest BCUT2D eigenvalue weighted by molar-refractivity contribution is 5.99. The summed E-state index contributed by atoms with van der Waals surface area (Å²) in [6, 6.07) is 30.3. The lowest BCUT2D eigenvalue weighted by molar-refractivity contribution is -0.138. The molecule has 0 saturated carbocycles. The monoisotopic (exact) mass is 876 g/mol. The minimum atomic E-state index is -0.742. The molecule has 0 bridgehead atoms. The number of ether oxygens (including phenoxy) is 4. The van der Waals surface area contributed by atoms with Gasteiger partial charge in [0.25, 0.3) is 0 Å². The van der Waals surface area contributed by atoms with Crippen LogP contribution in [0.4, 0.5) is 17.6 Å². The largest absolute Gasteiger partial charge is 0.462 e. The molecule has 328 valence electrons. The van der Waals surface area contributed by atoms with Crippen LogP contribution in [-0.2, 0) is 38.1 Å². The molecular formula is C48H40F4N4O8. The second-order valence-electron chi connectivity index (χ2n) is 11.6.